The van der Waals surface area contributed by atoms with E-state index in [1.54, 1.807) is 0 Å². The Balaban J connectivity index is 2.07. The predicted octanol–water partition coefficient (Wildman–Crippen LogP) is 3.67. The Morgan fingerprint density at radius 1 is 1.27 bits per heavy atom. The van der Waals surface area contributed by atoms with Crippen molar-refractivity contribution in [2.45, 2.75) is 18.0 Å². The summed E-state index contributed by atoms with van der Waals surface area (Å²) in [6.07, 6.45) is 0.982. The van der Waals surface area contributed by atoms with Gasteiger partial charge in [0.15, 0.2) is 11.0 Å². The zero-order valence-corrected chi connectivity index (χ0v) is 13.6. The van der Waals surface area contributed by atoms with E-state index in [9.17, 15) is 0 Å². The Labute approximate surface area is 138 Å². The summed E-state index contributed by atoms with van der Waals surface area (Å²) in [5.74, 6) is 1.20. The predicted molar refractivity (Wildman–Crippen MR) is 86.1 cm³/mol. The lowest BCUT2D eigenvalue weighted by Gasteiger charge is -2.06. The standard InChI is InChI=1S/C15H14ClN5S/c1-21-14(12-4-6-13(16)7-5-12)19-20-15(21)22-10-11(9-18)3-2-8-17/h4-7,11H,2-3,10H2,1H3/t11-/m1/s1. The van der Waals surface area contributed by atoms with Gasteiger partial charge in [-0.3, -0.25) is 0 Å². The molecule has 2 aromatic rings. The van der Waals surface area contributed by atoms with E-state index in [1.807, 2.05) is 35.9 Å². The van der Waals surface area contributed by atoms with Crippen LogP contribution in [0, 0.1) is 28.6 Å². The Morgan fingerprint density at radius 3 is 2.64 bits per heavy atom. The van der Waals surface area contributed by atoms with Gasteiger partial charge in [0.1, 0.15) is 0 Å². The highest BCUT2D eigenvalue weighted by molar-refractivity contribution is 7.99. The SMILES string of the molecule is Cn1c(SC[C@@H](C#N)CCC#N)nnc1-c1ccc(Cl)cc1. The molecule has 112 valence electrons. The normalized spacial score (nSPS) is 11.6. The van der Waals surface area contributed by atoms with E-state index < -0.39 is 0 Å². The van der Waals surface area contributed by atoms with E-state index in [0.717, 1.165) is 16.5 Å². The fourth-order valence-electron chi connectivity index (χ4n) is 1.89. The summed E-state index contributed by atoms with van der Waals surface area (Å²) in [5.41, 5.74) is 0.938. The van der Waals surface area contributed by atoms with Crippen molar-refractivity contribution in [1.82, 2.24) is 14.8 Å². The highest BCUT2D eigenvalue weighted by atomic mass is 35.5. The molecular formula is C15H14ClN5S. The van der Waals surface area contributed by atoms with Crippen LogP contribution in [0.2, 0.25) is 5.02 Å². The summed E-state index contributed by atoms with van der Waals surface area (Å²) >= 11 is 7.37. The summed E-state index contributed by atoms with van der Waals surface area (Å²) in [5, 5.41) is 27.5. The second-order valence-corrected chi connectivity index (χ2v) is 6.13. The summed E-state index contributed by atoms with van der Waals surface area (Å²) in [6, 6.07) is 11.7. The molecule has 1 aromatic heterocycles. The lowest BCUT2D eigenvalue weighted by atomic mass is 10.1. The van der Waals surface area contributed by atoms with E-state index in [2.05, 4.69) is 22.3 Å². The molecule has 0 aliphatic carbocycles. The minimum atomic E-state index is -0.152. The lowest BCUT2D eigenvalue weighted by Crippen LogP contribution is -2.02. The van der Waals surface area contributed by atoms with Crippen molar-refractivity contribution in [3.8, 4) is 23.5 Å². The Kier molecular flexibility index (Phi) is 5.83. The molecule has 0 fully saturated rings. The number of halogens is 1. The highest BCUT2D eigenvalue weighted by Crippen LogP contribution is 2.25. The van der Waals surface area contributed by atoms with Gasteiger partial charge in [0, 0.05) is 29.8 Å². The lowest BCUT2D eigenvalue weighted by molar-refractivity contribution is 0.682. The van der Waals surface area contributed by atoms with Gasteiger partial charge in [-0.15, -0.1) is 10.2 Å². The van der Waals surface area contributed by atoms with Crippen LogP contribution in [0.5, 0.6) is 0 Å². The van der Waals surface area contributed by atoms with E-state index in [4.69, 9.17) is 22.1 Å². The van der Waals surface area contributed by atoms with Crippen molar-refractivity contribution in [2.75, 3.05) is 5.75 Å². The third-order valence-electron chi connectivity index (χ3n) is 3.14. The van der Waals surface area contributed by atoms with Crippen LogP contribution in [0.3, 0.4) is 0 Å². The van der Waals surface area contributed by atoms with Gasteiger partial charge in [-0.05, 0) is 30.7 Å². The smallest absolute Gasteiger partial charge is 0.191 e. The average molecular weight is 332 g/mol. The molecule has 0 radical (unpaired) electrons. The number of nitriles is 2. The van der Waals surface area contributed by atoms with Gasteiger partial charge < -0.3 is 4.57 Å². The van der Waals surface area contributed by atoms with Gasteiger partial charge in [0.2, 0.25) is 0 Å². The van der Waals surface area contributed by atoms with Crippen molar-refractivity contribution < 1.29 is 0 Å². The van der Waals surface area contributed by atoms with E-state index in [0.29, 0.717) is 23.6 Å². The third kappa shape index (κ3) is 4.00. The largest absolute Gasteiger partial charge is 0.305 e. The van der Waals surface area contributed by atoms with E-state index >= 15 is 0 Å². The van der Waals surface area contributed by atoms with Crippen LogP contribution in [0.1, 0.15) is 12.8 Å². The zero-order chi connectivity index (χ0) is 15.9. The molecule has 5 nitrogen and oxygen atoms in total. The molecule has 1 aromatic carbocycles. The fourth-order valence-corrected chi connectivity index (χ4v) is 2.99. The molecule has 1 atom stereocenters. The monoisotopic (exact) mass is 331 g/mol. The first kappa shape index (κ1) is 16.4. The first-order chi connectivity index (χ1) is 10.7. The molecule has 0 aliphatic heterocycles. The van der Waals surface area contributed by atoms with Crippen molar-refractivity contribution in [2.24, 2.45) is 13.0 Å². The zero-order valence-electron chi connectivity index (χ0n) is 12.0. The van der Waals surface area contributed by atoms with Crippen molar-refractivity contribution >= 4 is 23.4 Å². The summed E-state index contributed by atoms with van der Waals surface area (Å²) in [6.45, 7) is 0. The first-order valence-electron chi connectivity index (χ1n) is 6.70. The molecule has 0 unspecified atom stereocenters. The van der Waals surface area contributed by atoms with Crippen LogP contribution in [-0.4, -0.2) is 20.5 Å². The van der Waals surface area contributed by atoms with Gasteiger partial charge in [0.25, 0.3) is 0 Å². The number of aromatic nitrogens is 3. The third-order valence-corrected chi connectivity index (χ3v) is 4.57. The number of benzene rings is 1. The Bertz CT molecular complexity index is 711. The maximum Gasteiger partial charge on any atom is 0.191 e. The molecule has 0 bridgehead atoms. The topological polar surface area (TPSA) is 78.3 Å². The number of nitrogens with zero attached hydrogens (tertiary/aromatic N) is 5. The average Bonchev–Trinajstić information content (AvgIpc) is 2.89. The van der Waals surface area contributed by atoms with Crippen LogP contribution >= 0.6 is 23.4 Å². The van der Waals surface area contributed by atoms with Crippen molar-refractivity contribution in [3.05, 3.63) is 29.3 Å². The molecular weight excluding hydrogens is 318 g/mol. The molecule has 1 heterocycles. The van der Waals surface area contributed by atoms with Crippen LogP contribution in [-0.2, 0) is 7.05 Å². The van der Waals surface area contributed by atoms with E-state index in [1.165, 1.54) is 11.8 Å². The number of rotatable bonds is 6. The van der Waals surface area contributed by atoms with E-state index in [-0.39, 0.29) is 5.92 Å². The maximum atomic E-state index is 9.08. The van der Waals surface area contributed by atoms with Gasteiger partial charge in [-0.25, -0.2) is 0 Å². The Morgan fingerprint density at radius 2 is 2.00 bits per heavy atom. The molecule has 7 heteroatoms. The summed E-state index contributed by atoms with van der Waals surface area (Å²) in [4.78, 5) is 0. The highest BCUT2D eigenvalue weighted by Gasteiger charge is 2.14. The van der Waals surface area contributed by atoms with Crippen molar-refractivity contribution in [1.29, 1.82) is 10.5 Å². The number of thioether (sulfide) groups is 1. The maximum absolute atomic E-state index is 9.08. The van der Waals surface area contributed by atoms with Gasteiger partial charge in [-0.1, -0.05) is 23.4 Å². The second kappa shape index (κ2) is 7.84. The molecule has 0 saturated heterocycles. The van der Waals surface area contributed by atoms with Gasteiger partial charge in [0.05, 0.1) is 18.1 Å². The molecule has 22 heavy (non-hydrogen) atoms. The molecule has 0 aliphatic rings. The second-order valence-electron chi connectivity index (χ2n) is 4.71. The van der Waals surface area contributed by atoms with Gasteiger partial charge >= 0.3 is 0 Å². The molecule has 0 saturated carbocycles. The summed E-state index contributed by atoms with van der Waals surface area (Å²) in [7, 11) is 1.89. The first-order valence-corrected chi connectivity index (χ1v) is 8.06. The van der Waals surface area contributed by atoms with Crippen LogP contribution in [0.4, 0.5) is 0 Å². The summed E-state index contributed by atoms with van der Waals surface area (Å²) < 4.78 is 1.90. The molecule has 0 amide bonds. The minimum absolute atomic E-state index is 0.152. The number of hydrogen-bond acceptors (Lipinski definition) is 5. The fraction of sp³-hybridized carbons (Fsp3) is 0.333. The minimum Gasteiger partial charge on any atom is -0.305 e. The van der Waals surface area contributed by atoms with Crippen LogP contribution < -0.4 is 0 Å². The van der Waals surface area contributed by atoms with Crippen molar-refractivity contribution in [3.63, 3.8) is 0 Å². The van der Waals surface area contributed by atoms with Crippen LogP contribution in [0.15, 0.2) is 29.4 Å². The quantitative estimate of drug-likeness (QED) is 0.754. The van der Waals surface area contributed by atoms with Crippen LogP contribution in [0.25, 0.3) is 11.4 Å². The molecule has 0 spiro atoms. The van der Waals surface area contributed by atoms with Gasteiger partial charge in [-0.2, -0.15) is 10.5 Å². The molecule has 2 rings (SSSR count). The Hall–Kier alpha value is -2.02. The molecule has 0 N–H and O–H groups in total. The number of hydrogen-bond donors (Lipinski definition) is 0.